The minimum Gasteiger partial charge on any atom is -0.126 e. The fraction of sp³-hybridized carbons (Fsp3) is 0.800. The monoisotopic (exact) mass is 174 g/mol. The third-order valence-electron chi connectivity index (χ3n) is 1.97. The van der Waals surface area contributed by atoms with E-state index in [4.69, 9.17) is 11.6 Å². The number of rotatable bonds is 5. The van der Waals surface area contributed by atoms with Gasteiger partial charge in [0.05, 0.1) is 0 Å². The molecule has 0 bridgehead atoms. The lowest BCUT2D eigenvalue weighted by molar-refractivity contribution is 0.556. The van der Waals surface area contributed by atoms with Crippen molar-refractivity contribution >= 4 is 11.6 Å². The predicted octanol–water partition coefficient (Wildman–Crippen LogP) is 4.00. The quantitative estimate of drug-likeness (QED) is 0.437. The molecule has 0 spiro atoms. The van der Waals surface area contributed by atoms with Crippen molar-refractivity contribution in [2.45, 2.75) is 40.0 Å². The molecule has 1 heteroatoms. The van der Waals surface area contributed by atoms with Crippen molar-refractivity contribution in [3.05, 3.63) is 11.6 Å². The van der Waals surface area contributed by atoms with Crippen LogP contribution >= 0.6 is 11.6 Å². The molecular weight excluding hydrogens is 156 g/mol. The molecule has 0 amide bonds. The summed E-state index contributed by atoms with van der Waals surface area (Å²) in [6.45, 7) is 6.72. The number of hydrogen-bond donors (Lipinski definition) is 0. The molecule has 1 unspecified atom stereocenters. The Morgan fingerprint density at radius 1 is 1.55 bits per heavy atom. The zero-order chi connectivity index (χ0) is 8.69. The maximum absolute atomic E-state index is 5.57. The molecule has 0 nitrogen and oxygen atoms in total. The highest BCUT2D eigenvalue weighted by Gasteiger charge is 1.98. The van der Waals surface area contributed by atoms with Crippen LogP contribution in [0.15, 0.2) is 11.6 Å². The Morgan fingerprint density at radius 3 is 2.64 bits per heavy atom. The van der Waals surface area contributed by atoms with E-state index < -0.39 is 0 Å². The van der Waals surface area contributed by atoms with E-state index in [0.29, 0.717) is 0 Å². The molecule has 1 atom stereocenters. The largest absolute Gasteiger partial charge is 0.126 e. The maximum atomic E-state index is 5.57. The van der Waals surface area contributed by atoms with Gasteiger partial charge in [-0.1, -0.05) is 31.9 Å². The minimum atomic E-state index is 0.748. The van der Waals surface area contributed by atoms with Crippen LogP contribution in [-0.4, -0.2) is 5.88 Å². The van der Waals surface area contributed by atoms with Crippen LogP contribution in [0.5, 0.6) is 0 Å². The Kier molecular flexibility index (Phi) is 6.74. The average molecular weight is 175 g/mol. The molecule has 0 rings (SSSR count). The Hall–Kier alpha value is 0.0300. The van der Waals surface area contributed by atoms with Gasteiger partial charge in [0.15, 0.2) is 0 Å². The third-order valence-corrected chi connectivity index (χ3v) is 2.19. The molecule has 66 valence electrons. The van der Waals surface area contributed by atoms with Crippen LogP contribution in [-0.2, 0) is 0 Å². The Balaban J connectivity index is 3.57. The van der Waals surface area contributed by atoms with Crippen molar-refractivity contribution in [2.24, 2.45) is 5.92 Å². The van der Waals surface area contributed by atoms with E-state index >= 15 is 0 Å². The van der Waals surface area contributed by atoms with Gasteiger partial charge in [-0.05, 0) is 25.7 Å². The van der Waals surface area contributed by atoms with Crippen molar-refractivity contribution in [2.75, 3.05) is 5.88 Å². The van der Waals surface area contributed by atoms with E-state index in [2.05, 4.69) is 26.8 Å². The summed E-state index contributed by atoms with van der Waals surface area (Å²) >= 11 is 5.57. The summed E-state index contributed by atoms with van der Waals surface area (Å²) in [5, 5.41) is 0. The normalized spacial score (nSPS) is 15.1. The van der Waals surface area contributed by atoms with E-state index in [0.717, 1.165) is 18.2 Å². The van der Waals surface area contributed by atoms with E-state index in [1.54, 1.807) is 0 Å². The summed E-state index contributed by atoms with van der Waals surface area (Å²) in [6, 6.07) is 0. The molecule has 0 heterocycles. The first-order valence-electron chi connectivity index (χ1n) is 4.42. The van der Waals surface area contributed by atoms with Crippen molar-refractivity contribution in [1.82, 2.24) is 0 Å². The van der Waals surface area contributed by atoms with Gasteiger partial charge < -0.3 is 0 Å². The average Bonchev–Trinajstić information content (AvgIpc) is 2.00. The minimum absolute atomic E-state index is 0.748. The molecule has 0 aromatic heterocycles. The van der Waals surface area contributed by atoms with Crippen LogP contribution < -0.4 is 0 Å². The standard InChI is InChI=1S/C10H19Cl/c1-4-9(2)8-10(3)6-5-7-11/h6,9H,4-5,7-8H2,1-3H3. The summed E-state index contributed by atoms with van der Waals surface area (Å²) in [6.07, 6.45) is 5.77. The number of allylic oxidation sites excluding steroid dienone is 2. The molecule has 11 heavy (non-hydrogen) atoms. The van der Waals surface area contributed by atoms with Gasteiger partial charge in [-0.15, -0.1) is 11.6 Å². The van der Waals surface area contributed by atoms with Crippen LogP contribution in [0.1, 0.15) is 40.0 Å². The van der Waals surface area contributed by atoms with E-state index in [1.165, 1.54) is 18.4 Å². The van der Waals surface area contributed by atoms with Crippen LogP contribution in [0.25, 0.3) is 0 Å². The fourth-order valence-corrected chi connectivity index (χ4v) is 1.19. The number of halogens is 1. The highest BCUT2D eigenvalue weighted by atomic mass is 35.5. The lowest BCUT2D eigenvalue weighted by atomic mass is 9.99. The molecule has 0 aliphatic carbocycles. The molecule has 0 aliphatic rings. The predicted molar refractivity (Wildman–Crippen MR) is 53.2 cm³/mol. The van der Waals surface area contributed by atoms with Crippen LogP contribution in [0.3, 0.4) is 0 Å². The van der Waals surface area contributed by atoms with E-state index in [-0.39, 0.29) is 0 Å². The van der Waals surface area contributed by atoms with Gasteiger partial charge in [0.1, 0.15) is 0 Å². The molecule has 0 aliphatic heterocycles. The molecule has 0 saturated heterocycles. The van der Waals surface area contributed by atoms with Crippen LogP contribution in [0.2, 0.25) is 0 Å². The maximum Gasteiger partial charge on any atom is 0.0258 e. The Labute approximate surface area is 75.6 Å². The van der Waals surface area contributed by atoms with Crippen LogP contribution in [0.4, 0.5) is 0 Å². The molecule has 0 fully saturated rings. The van der Waals surface area contributed by atoms with Gasteiger partial charge in [0, 0.05) is 5.88 Å². The second-order valence-electron chi connectivity index (χ2n) is 3.25. The zero-order valence-corrected chi connectivity index (χ0v) is 8.62. The van der Waals surface area contributed by atoms with E-state index in [1.807, 2.05) is 0 Å². The number of alkyl halides is 1. The first-order valence-corrected chi connectivity index (χ1v) is 4.95. The number of hydrogen-bond acceptors (Lipinski definition) is 0. The van der Waals surface area contributed by atoms with Gasteiger partial charge in [-0.2, -0.15) is 0 Å². The van der Waals surface area contributed by atoms with Crippen molar-refractivity contribution in [3.8, 4) is 0 Å². The highest BCUT2D eigenvalue weighted by Crippen LogP contribution is 2.14. The van der Waals surface area contributed by atoms with Crippen LogP contribution in [0, 0.1) is 5.92 Å². The van der Waals surface area contributed by atoms with E-state index in [9.17, 15) is 0 Å². The van der Waals surface area contributed by atoms with Gasteiger partial charge in [0.25, 0.3) is 0 Å². The SMILES string of the molecule is CCC(C)CC(C)=CCCCl. The van der Waals surface area contributed by atoms with Crippen molar-refractivity contribution in [1.29, 1.82) is 0 Å². The molecule has 0 N–H and O–H groups in total. The smallest absolute Gasteiger partial charge is 0.0258 e. The van der Waals surface area contributed by atoms with Gasteiger partial charge in [-0.3, -0.25) is 0 Å². The third kappa shape index (κ3) is 6.43. The summed E-state index contributed by atoms with van der Waals surface area (Å²) in [5.41, 5.74) is 1.49. The van der Waals surface area contributed by atoms with Gasteiger partial charge in [0.2, 0.25) is 0 Å². The first-order chi connectivity index (χ1) is 5.20. The Morgan fingerprint density at radius 2 is 2.18 bits per heavy atom. The summed E-state index contributed by atoms with van der Waals surface area (Å²) in [7, 11) is 0. The van der Waals surface area contributed by atoms with Gasteiger partial charge >= 0.3 is 0 Å². The van der Waals surface area contributed by atoms with Crippen molar-refractivity contribution in [3.63, 3.8) is 0 Å². The molecular formula is C10H19Cl. The molecule has 0 radical (unpaired) electrons. The zero-order valence-electron chi connectivity index (χ0n) is 7.86. The molecule has 0 saturated carbocycles. The second kappa shape index (κ2) is 6.72. The van der Waals surface area contributed by atoms with Crippen molar-refractivity contribution < 1.29 is 0 Å². The highest BCUT2D eigenvalue weighted by molar-refractivity contribution is 6.17. The molecule has 0 aromatic rings. The summed E-state index contributed by atoms with van der Waals surface area (Å²) in [4.78, 5) is 0. The van der Waals surface area contributed by atoms with Gasteiger partial charge in [-0.25, -0.2) is 0 Å². The first kappa shape index (κ1) is 11.0. The lowest BCUT2D eigenvalue weighted by Crippen LogP contribution is -1.92. The Bertz CT molecular complexity index is 116. The summed E-state index contributed by atoms with van der Waals surface area (Å²) < 4.78 is 0. The molecule has 0 aromatic carbocycles. The topological polar surface area (TPSA) is 0 Å². The lowest BCUT2D eigenvalue weighted by Gasteiger charge is -2.07. The second-order valence-corrected chi connectivity index (χ2v) is 3.62. The fourth-order valence-electron chi connectivity index (χ4n) is 1.08. The summed E-state index contributed by atoms with van der Waals surface area (Å²) in [5.74, 6) is 1.57.